The molecular formula is C18H27F3IN5O3S. The van der Waals surface area contributed by atoms with Crippen LogP contribution in [-0.4, -0.2) is 62.8 Å². The number of rotatable bonds is 6. The van der Waals surface area contributed by atoms with Gasteiger partial charge in [0.25, 0.3) is 0 Å². The first kappa shape index (κ1) is 27.4. The molecule has 0 aliphatic carbocycles. The molecule has 1 fully saturated rings. The maximum Gasteiger partial charge on any atom is 0.511 e. The van der Waals surface area contributed by atoms with E-state index in [1.807, 2.05) is 25.1 Å². The Kier molecular flexibility index (Phi) is 10.5. The molecule has 176 valence electrons. The molecule has 8 nitrogen and oxygen atoms in total. The third-order valence-electron chi connectivity index (χ3n) is 4.69. The molecule has 1 aromatic rings. The lowest BCUT2D eigenvalue weighted by Gasteiger charge is -2.32. The second-order valence-corrected chi connectivity index (χ2v) is 8.73. The Labute approximate surface area is 197 Å². The summed E-state index contributed by atoms with van der Waals surface area (Å²) in [5, 5.41) is 8.63. The van der Waals surface area contributed by atoms with Crippen LogP contribution in [0.25, 0.3) is 0 Å². The summed E-state index contributed by atoms with van der Waals surface area (Å²) in [6.07, 6.45) is 1.22. The molecule has 0 bridgehead atoms. The molecular weight excluding hydrogens is 550 g/mol. The van der Waals surface area contributed by atoms with E-state index in [1.165, 1.54) is 7.05 Å². The highest BCUT2D eigenvalue weighted by Gasteiger charge is 2.50. The zero-order chi connectivity index (χ0) is 22.4. The van der Waals surface area contributed by atoms with Crippen molar-refractivity contribution in [3.05, 3.63) is 29.8 Å². The molecule has 3 N–H and O–H groups in total. The molecule has 1 amide bonds. The van der Waals surface area contributed by atoms with E-state index in [0.717, 1.165) is 12.0 Å². The van der Waals surface area contributed by atoms with Gasteiger partial charge in [-0.1, -0.05) is 19.1 Å². The van der Waals surface area contributed by atoms with Crippen LogP contribution in [0.15, 0.2) is 29.3 Å². The highest BCUT2D eigenvalue weighted by atomic mass is 127. The van der Waals surface area contributed by atoms with Crippen LogP contribution in [0.5, 0.6) is 0 Å². The number of carbonyl (C=O) groups excluding carboxylic acids is 1. The van der Waals surface area contributed by atoms with Crippen LogP contribution in [0.2, 0.25) is 0 Å². The molecule has 0 spiro atoms. The highest BCUT2D eigenvalue weighted by Crippen LogP contribution is 2.28. The molecule has 0 aromatic heterocycles. The summed E-state index contributed by atoms with van der Waals surface area (Å²) in [7, 11) is -3.81. The van der Waals surface area contributed by atoms with Gasteiger partial charge in [-0.25, -0.2) is 8.42 Å². The molecule has 1 aliphatic rings. The Morgan fingerprint density at radius 1 is 1.26 bits per heavy atom. The maximum absolute atomic E-state index is 12.6. The normalized spacial score (nSPS) is 16.4. The molecule has 0 atom stereocenters. The van der Waals surface area contributed by atoms with Gasteiger partial charge in [-0.15, -0.1) is 24.0 Å². The average molecular weight is 577 g/mol. The van der Waals surface area contributed by atoms with E-state index in [1.54, 1.807) is 6.07 Å². The van der Waals surface area contributed by atoms with E-state index < -0.39 is 15.5 Å². The van der Waals surface area contributed by atoms with Crippen LogP contribution in [0, 0.1) is 0 Å². The largest absolute Gasteiger partial charge is 0.511 e. The van der Waals surface area contributed by atoms with Gasteiger partial charge < -0.3 is 16.0 Å². The standard InChI is InChI=1S/C18H26F3N5O3S.HI/c1-3-13-5-4-6-15(11-13)24-16(27)12-23-17(22-2)25-14-7-9-26(10-8-14)30(28,29)18(19,20)21;/h4-6,11,14H,3,7-10,12H2,1-2H3,(H,24,27)(H2,22,23,25);1H. The molecule has 1 saturated heterocycles. The third-order valence-corrected chi connectivity index (χ3v) is 6.32. The second-order valence-electron chi connectivity index (χ2n) is 6.80. The van der Waals surface area contributed by atoms with Crippen molar-refractivity contribution in [3.8, 4) is 0 Å². The van der Waals surface area contributed by atoms with E-state index in [2.05, 4.69) is 20.9 Å². The van der Waals surface area contributed by atoms with Crippen LogP contribution in [0.3, 0.4) is 0 Å². The van der Waals surface area contributed by atoms with Crippen molar-refractivity contribution in [2.45, 2.75) is 37.7 Å². The maximum atomic E-state index is 12.6. The fourth-order valence-corrected chi connectivity index (χ4v) is 4.00. The van der Waals surface area contributed by atoms with Crippen molar-refractivity contribution in [3.63, 3.8) is 0 Å². The van der Waals surface area contributed by atoms with Gasteiger partial charge in [0, 0.05) is 31.9 Å². The van der Waals surface area contributed by atoms with E-state index in [-0.39, 0.29) is 68.4 Å². The van der Waals surface area contributed by atoms with Crippen LogP contribution < -0.4 is 16.0 Å². The van der Waals surface area contributed by atoms with Gasteiger partial charge in [0.2, 0.25) is 5.91 Å². The molecule has 31 heavy (non-hydrogen) atoms. The first-order valence-electron chi connectivity index (χ1n) is 9.49. The van der Waals surface area contributed by atoms with Crippen molar-refractivity contribution < 1.29 is 26.4 Å². The van der Waals surface area contributed by atoms with Gasteiger partial charge in [0.1, 0.15) is 0 Å². The lowest BCUT2D eigenvalue weighted by atomic mass is 10.1. The summed E-state index contributed by atoms with van der Waals surface area (Å²) in [5.74, 6) is 0.0295. The quantitative estimate of drug-likeness (QED) is 0.274. The number of aliphatic imine (C=N–C) groups is 1. The average Bonchev–Trinajstić information content (AvgIpc) is 2.70. The summed E-state index contributed by atoms with van der Waals surface area (Å²) in [6.45, 7) is 1.47. The van der Waals surface area contributed by atoms with Crippen LogP contribution >= 0.6 is 24.0 Å². The molecule has 1 aliphatic heterocycles. The first-order valence-corrected chi connectivity index (χ1v) is 10.9. The van der Waals surface area contributed by atoms with E-state index in [4.69, 9.17) is 0 Å². The van der Waals surface area contributed by atoms with E-state index >= 15 is 0 Å². The number of aryl methyl sites for hydroxylation is 1. The number of alkyl halides is 3. The van der Waals surface area contributed by atoms with Crippen molar-refractivity contribution in [2.75, 3.05) is 32.0 Å². The minimum atomic E-state index is -5.31. The van der Waals surface area contributed by atoms with E-state index in [0.29, 0.717) is 16.0 Å². The van der Waals surface area contributed by atoms with Gasteiger partial charge in [0.15, 0.2) is 5.96 Å². The van der Waals surface area contributed by atoms with Crippen LogP contribution in [0.1, 0.15) is 25.3 Å². The smallest absolute Gasteiger partial charge is 0.354 e. The minimum Gasteiger partial charge on any atom is -0.354 e. The van der Waals surface area contributed by atoms with Gasteiger partial charge in [0.05, 0.1) is 6.54 Å². The molecule has 13 heteroatoms. The number of hydrogen-bond acceptors (Lipinski definition) is 4. The molecule has 1 heterocycles. The Balaban J connectivity index is 0.00000480. The second kappa shape index (κ2) is 11.9. The number of guanidine groups is 1. The zero-order valence-corrected chi connectivity index (χ0v) is 20.3. The number of sulfonamides is 1. The van der Waals surface area contributed by atoms with Crippen molar-refractivity contribution in [2.24, 2.45) is 4.99 Å². The zero-order valence-electron chi connectivity index (χ0n) is 17.2. The number of halogens is 4. The molecule has 0 unspecified atom stereocenters. The fourth-order valence-electron chi connectivity index (χ4n) is 3.01. The van der Waals surface area contributed by atoms with Crippen LogP contribution in [-0.2, 0) is 21.2 Å². The topological polar surface area (TPSA) is 103 Å². The molecule has 2 rings (SSSR count). The number of nitrogens with one attached hydrogen (secondary N) is 3. The van der Waals surface area contributed by atoms with Gasteiger partial charge >= 0.3 is 15.5 Å². The molecule has 0 saturated carbocycles. The summed E-state index contributed by atoms with van der Waals surface area (Å²) in [5.41, 5.74) is -3.52. The summed E-state index contributed by atoms with van der Waals surface area (Å²) >= 11 is 0. The number of hydrogen-bond donors (Lipinski definition) is 3. The first-order chi connectivity index (χ1) is 14.1. The van der Waals surface area contributed by atoms with Crippen molar-refractivity contribution in [1.29, 1.82) is 0 Å². The van der Waals surface area contributed by atoms with Crippen LogP contribution in [0.4, 0.5) is 18.9 Å². The Morgan fingerprint density at radius 2 is 1.90 bits per heavy atom. The third kappa shape index (κ3) is 7.79. The Hall–Kier alpha value is -1.61. The number of anilines is 1. The summed E-state index contributed by atoms with van der Waals surface area (Å²) < 4.78 is 61.3. The minimum absolute atomic E-state index is 0. The summed E-state index contributed by atoms with van der Waals surface area (Å²) in [4.78, 5) is 16.1. The SMILES string of the molecule is CCc1cccc(NC(=O)CNC(=NC)NC2CCN(S(=O)(=O)C(F)(F)F)CC2)c1.I. The van der Waals surface area contributed by atoms with E-state index in [9.17, 15) is 26.4 Å². The molecule has 0 radical (unpaired) electrons. The lowest BCUT2D eigenvalue weighted by molar-refractivity contribution is -0.115. The fraction of sp³-hybridized carbons (Fsp3) is 0.556. The number of benzene rings is 1. The monoisotopic (exact) mass is 577 g/mol. The number of nitrogens with zero attached hydrogens (tertiary/aromatic N) is 2. The number of piperidine rings is 1. The Bertz CT molecular complexity index is 872. The van der Waals surface area contributed by atoms with Gasteiger partial charge in [-0.2, -0.15) is 17.5 Å². The molecule has 1 aromatic carbocycles. The van der Waals surface area contributed by atoms with Gasteiger partial charge in [-0.05, 0) is 37.0 Å². The highest BCUT2D eigenvalue weighted by molar-refractivity contribution is 14.0. The van der Waals surface area contributed by atoms with Crippen molar-refractivity contribution >= 4 is 51.6 Å². The Morgan fingerprint density at radius 3 is 2.45 bits per heavy atom. The van der Waals surface area contributed by atoms with Gasteiger partial charge in [-0.3, -0.25) is 9.79 Å². The number of amides is 1. The lowest BCUT2D eigenvalue weighted by Crippen LogP contribution is -2.52. The predicted molar refractivity (Wildman–Crippen MR) is 124 cm³/mol. The van der Waals surface area contributed by atoms with Crippen molar-refractivity contribution in [1.82, 2.24) is 14.9 Å². The number of carbonyl (C=O) groups is 1. The summed E-state index contributed by atoms with van der Waals surface area (Å²) in [6, 6.07) is 7.22. The predicted octanol–water partition coefficient (Wildman–Crippen LogP) is 2.28.